The first-order valence-electron chi connectivity index (χ1n) is 9.65. The third-order valence-electron chi connectivity index (χ3n) is 4.58. The fraction of sp³-hybridized carbons (Fsp3) is 0.120. The van der Waals surface area contributed by atoms with Gasteiger partial charge in [-0.3, -0.25) is 10.1 Å². The lowest BCUT2D eigenvalue weighted by atomic mass is 10.1. The van der Waals surface area contributed by atoms with Gasteiger partial charge in [0.2, 0.25) is 0 Å². The zero-order valence-corrected chi connectivity index (χ0v) is 17.4. The van der Waals surface area contributed by atoms with Crippen LogP contribution in [0.15, 0.2) is 84.9 Å². The van der Waals surface area contributed by atoms with Crippen LogP contribution in [0.2, 0.25) is 0 Å². The zero-order valence-electron chi connectivity index (χ0n) is 17.4. The normalized spacial score (nSPS) is 10.2. The highest BCUT2D eigenvalue weighted by Crippen LogP contribution is 2.35. The van der Waals surface area contributed by atoms with E-state index < -0.39 is 11.9 Å². The summed E-state index contributed by atoms with van der Waals surface area (Å²) in [4.78, 5) is 25.7. The molecule has 0 spiro atoms. The SMILES string of the molecule is C=C(C)C(=O)NC(=O)Nc1ccc(N(c2ccc(C)cc2)c2ccc(C)cc2)cc1. The van der Waals surface area contributed by atoms with E-state index in [1.165, 1.54) is 11.1 Å². The Morgan fingerprint density at radius 3 is 1.53 bits per heavy atom. The predicted molar refractivity (Wildman–Crippen MR) is 123 cm³/mol. The average Bonchev–Trinajstić information content (AvgIpc) is 2.72. The van der Waals surface area contributed by atoms with Gasteiger partial charge in [-0.15, -0.1) is 0 Å². The molecule has 0 aliphatic heterocycles. The third-order valence-corrected chi connectivity index (χ3v) is 4.58. The summed E-state index contributed by atoms with van der Waals surface area (Å²) in [5.74, 6) is -0.506. The molecule has 5 nitrogen and oxygen atoms in total. The number of nitrogens with one attached hydrogen (secondary N) is 2. The molecule has 152 valence electrons. The highest BCUT2D eigenvalue weighted by molar-refractivity contribution is 6.07. The van der Waals surface area contributed by atoms with E-state index in [0.717, 1.165) is 17.1 Å². The minimum Gasteiger partial charge on any atom is -0.311 e. The molecule has 0 bridgehead atoms. The standard InChI is InChI=1S/C25H25N3O2/c1-17(2)24(29)27-25(30)26-20-9-15-23(16-10-20)28(21-11-5-18(3)6-12-21)22-13-7-19(4)8-14-22/h5-16H,1H2,2-4H3,(H2,26,27,29,30). The molecule has 0 aromatic heterocycles. The van der Waals surface area contributed by atoms with E-state index in [4.69, 9.17) is 0 Å². The van der Waals surface area contributed by atoms with Gasteiger partial charge in [0.1, 0.15) is 0 Å². The summed E-state index contributed by atoms with van der Waals surface area (Å²) >= 11 is 0. The van der Waals surface area contributed by atoms with E-state index in [2.05, 4.69) is 84.5 Å². The maximum Gasteiger partial charge on any atom is 0.326 e. The maximum atomic E-state index is 12.0. The van der Waals surface area contributed by atoms with Gasteiger partial charge >= 0.3 is 6.03 Å². The van der Waals surface area contributed by atoms with Crippen LogP contribution in [0.1, 0.15) is 18.1 Å². The number of carbonyl (C=O) groups excluding carboxylic acids is 2. The molecule has 30 heavy (non-hydrogen) atoms. The lowest BCUT2D eigenvalue weighted by Crippen LogP contribution is -2.34. The van der Waals surface area contributed by atoms with Gasteiger partial charge in [0.25, 0.3) is 5.91 Å². The summed E-state index contributed by atoms with van der Waals surface area (Å²) in [5.41, 5.74) is 6.26. The summed E-state index contributed by atoms with van der Waals surface area (Å²) in [7, 11) is 0. The lowest BCUT2D eigenvalue weighted by molar-refractivity contribution is -0.116. The van der Waals surface area contributed by atoms with Crippen LogP contribution in [-0.2, 0) is 4.79 Å². The molecule has 3 amide bonds. The fourth-order valence-electron chi connectivity index (χ4n) is 2.90. The predicted octanol–water partition coefficient (Wildman–Crippen LogP) is 6.00. The van der Waals surface area contributed by atoms with Crippen molar-refractivity contribution in [3.8, 4) is 0 Å². The van der Waals surface area contributed by atoms with Crippen LogP contribution in [0.3, 0.4) is 0 Å². The summed E-state index contributed by atoms with van der Waals surface area (Å²) in [6.07, 6.45) is 0. The summed E-state index contributed by atoms with van der Waals surface area (Å²) in [6, 6.07) is 23.5. The van der Waals surface area contributed by atoms with Crippen LogP contribution in [0.4, 0.5) is 27.5 Å². The van der Waals surface area contributed by atoms with E-state index in [1.54, 1.807) is 19.1 Å². The van der Waals surface area contributed by atoms with Crippen molar-refractivity contribution in [3.05, 3.63) is 96.1 Å². The first-order valence-corrected chi connectivity index (χ1v) is 9.65. The smallest absolute Gasteiger partial charge is 0.311 e. The Morgan fingerprint density at radius 2 is 1.13 bits per heavy atom. The van der Waals surface area contributed by atoms with Crippen LogP contribution in [0.25, 0.3) is 0 Å². The lowest BCUT2D eigenvalue weighted by Gasteiger charge is -2.26. The molecule has 3 aromatic carbocycles. The number of urea groups is 1. The van der Waals surface area contributed by atoms with Crippen LogP contribution in [-0.4, -0.2) is 11.9 Å². The third kappa shape index (κ3) is 5.14. The Bertz CT molecular complexity index is 1010. The van der Waals surface area contributed by atoms with E-state index in [1.807, 2.05) is 12.1 Å². The Kier molecular flexibility index (Phi) is 6.32. The first kappa shape index (κ1) is 20.9. The topological polar surface area (TPSA) is 61.4 Å². The molecule has 0 atom stereocenters. The number of anilines is 4. The second kappa shape index (κ2) is 9.09. The van der Waals surface area contributed by atoms with Gasteiger partial charge in [0, 0.05) is 28.3 Å². The van der Waals surface area contributed by atoms with Gasteiger partial charge in [-0.05, 0) is 69.3 Å². The van der Waals surface area contributed by atoms with Crippen molar-refractivity contribution in [1.82, 2.24) is 5.32 Å². The van der Waals surface area contributed by atoms with Crippen molar-refractivity contribution in [3.63, 3.8) is 0 Å². The number of benzene rings is 3. The number of imide groups is 1. The van der Waals surface area contributed by atoms with Crippen molar-refractivity contribution in [2.45, 2.75) is 20.8 Å². The summed E-state index contributed by atoms with van der Waals surface area (Å²) in [6.45, 7) is 9.18. The van der Waals surface area contributed by atoms with Crippen LogP contribution in [0.5, 0.6) is 0 Å². The van der Waals surface area contributed by atoms with Crippen molar-refractivity contribution < 1.29 is 9.59 Å². The number of hydrogen-bond donors (Lipinski definition) is 2. The molecule has 2 N–H and O–H groups in total. The number of aryl methyl sites for hydroxylation is 2. The molecule has 0 aliphatic rings. The Morgan fingerprint density at radius 1 is 0.733 bits per heavy atom. The summed E-state index contributed by atoms with van der Waals surface area (Å²) in [5, 5.41) is 4.89. The Hall–Kier alpha value is -3.86. The van der Waals surface area contributed by atoms with Crippen molar-refractivity contribution in [2.24, 2.45) is 0 Å². The fourth-order valence-corrected chi connectivity index (χ4v) is 2.90. The molecular formula is C25H25N3O2. The minimum absolute atomic E-state index is 0.271. The van der Waals surface area contributed by atoms with E-state index in [0.29, 0.717) is 5.69 Å². The number of carbonyl (C=O) groups is 2. The van der Waals surface area contributed by atoms with Gasteiger partial charge < -0.3 is 10.2 Å². The van der Waals surface area contributed by atoms with Gasteiger partial charge in [-0.1, -0.05) is 42.0 Å². The Labute approximate surface area is 177 Å². The van der Waals surface area contributed by atoms with Crippen molar-refractivity contribution in [1.29, 1.82) is 0 Å². The monoisotopic (exact) mass is 399 g/mol. The maximum absolute atomic E-state index is 12.0. The largest absolute Gasteiger partial charge is 0.326 e. The number of amides is 3. The Balaban J connectivity index is 1.86. The second-order valence-corrected chi connectivity index (χ2v) is 7.24. The number of nitrogens with zero attached hydrogens (tertiary/aromatic N) is 1. The molecule has 5 heteroatoms. The molecule has 0 heterocycles. The van der Waals surface area contributed by atoms with Crippen LogP contribution < -0.4 is 15.5 Å². The number of rotatable bonds is 5. The molecule has 0 radical (unpaired) electrons. The van der Waals surface area contributed by atoms with Gasteiger partial charge in [0.15, 0.2) is 0 Å². The second-order valence-electron chi connectivity index (χ2n) is 7.24. The molecule has 0 fully saturated rings. The molecule has 3 aromatic rings. The van der Waals surface area contributed by atoms with E-state index in [9.17, 15) is 9.59 Å². The highest BCUT2D eigenvalue weighted by Gasteiger charge is 2.13. The summed E-state index contributed by atoms with van der Waals surface area (Å²) < 4.78 is 0. The quantitative estimate of drug-likeness (QED) is 0.518. The zero-order chi connectivity index (χ0) is 21.7. The molecule has 0 unspecified atom stereocenters. The molecule has 0 saturated carbocycles. The van der Waals surface area contributed by atoms with E-state index in [-0.39, 0.29) is 5.57 Å². The van der Waals surface area contributed by atoms with Gasteiger partial charge in [-0.25, -0.2) is 4.79 Å². The van der Waals surface area contributed by atoms with Gasteiger partial charge in [0.05, 0.1) is 0 Å². The molecule has 0 saturated heterocycles. The van der Waals surface area contributed by atoms with Crippen LogP contribution in [0, 0.1) is 13.8 Å². The minimum atomic E-state index is -0.593. The molecule has 0 aliphatic carbocycles. The van der Waals surface area contributed by atoms with E-state index >= 15 is 0 Å². The first-order chi connectivity index (χ1) is 14.3. The van der Waals surface area contributed by atoms with Crippen LogP contribution >= 0.6 is 0 Å². The van der Waals surface area contributed by atoms with Crippen molar-refractivity contribution in [2.75, 3.05) is 10.2 Å². The van der Waals surface area contributed by atoms with Crippen molar-refractivity contribution >= 4 is 34.7 Å². The van der Waals surface area contributed by atoms with Gasteiger partial charge in [-0.2, -0.15) is 0 Å². The molecular weight excluding hydrogens is 374 g/mol. The highest BCUT2D eigenvalue weighted by atomic mass is 16.2. The molecule has 3 rings (SSSR count). The average molecular weight is 399 g/mol. The number of hydrogen-bond acceptors (Lipinski definition) is 3.